The van der Waals surface area contributed by atoms with Gasteiger partial charge in [0.25, 0.3) is 0 Å². The minimum absolute atomic E-state index is 0.0197. The van der Waals surface area contributed by atoms with Gasteiger partial charge in [0.2, 0.25) is 0 Å². The third-order valence-electron chi connectivity index (χ3n) is 2.62. The molecule has 1 aliphatic heterocycles. The van der Waals surface area contributed by atoms with Crippen molar-refractivity contribution in [1.82, 2.24) is 5.32 Å². The molecule has 2 atom stereocenters. The molecule has 0 aromatic heterocycles. The number of nitrogens with one attached hydrogen (secondary N) is 1. The Hall–Kier alpha value is -0.430. The van der Waals surface area contributed by atoms with Gasteiger partial charge in [0.15, 0.2) is 9.84 Å². The van der Waals surface area contributed by atoms with Crippen LogP contribution in [-0.4, -0.2) is 50.2 Å². The lowest BCUT2D eigenvalue weighted by molar-refractivity contribution is 0.168. The molecule has 0 saturated carbocycles. The van der Waals surface area contributed by atoms with Crippen LogP contribution in [0.2, 0.25) is 0 Å². The van der Waals surface area contributed by atoms with E-state index >= 15 is 0 Å². The average molecular weight is 281 g/mol. The summed E-state index contributed by atoms with van der Waals surface area (Å²) in [5, 5.41) is 2.55. The molecule has 17 heavy (non-hydrogen) atoms. The van der Waals surface area contributed by atoms with Gasteiger partial charge in [0.05, 0.1) is 24.7 Å². The van der Waals surface area contributed by atoms with Crippen molar-refractivity contribution in [3.8, 4) is 0 Å². The van der Waals surface area contributed by atoms with Gasteiger partial charge in [-0.2, -0.15) is 11.8 Å². The molecule has 0 spiro atoms. The van der Waals surface area contributed by atoms with Crippen LogP contribution in [-0.2, 0) is 14.6 Å². The second-order valence-electron chi connectivity index (χ2n) is 4.08. The van der Waals surface area contributed by atoms with Gasteiger partial charge in [-0.25, -0.2) is 13.2 Å². The van der Waals surface area contributed by atoms with Crippen LogP contribution in [0, 0.1) is 0 Å². The summed E-state index contributed by atoms with van der Waals surface area (Å²) in [5.41, 5.74) is 0. The molecule has 1 fully saturated rings. The third-order valence-corrected chi connectivity index (χ3v) is 6.01. The lowest BCUT2D eigenvalue weighted by atomic mass is 10.2. The van der Waals surface area contributed by atoms with E-state index in [9.17, 15) is 13.2 Å². The number of hydrogen-bond donors (Lipinski definition) is 1. The topological polar surface area (TPSA) is 72.5 Å². The Morgan fingerprint density at radius 2 is 2.18 bits per heavy atom. The van der Waals surface area contributed by atoms with Crippen molar-refractivity contribution in [2.45, 2.75) is 31.1 Å². The van der Waals surface area contributed by atoms with Crippen LogP contribution in [0.3, 0.4) is 0 Å². The summed E-state index contributed by atoms with van der Waals surface area (Å²) in [6.45, 7) is 2.09. The maximum absolute atomic E-state index is 11.5. The highest BCUT2D eigenvalue weighted by Crippen LogP contribution is 2.25. The minimum Gasteiger partial charge on any atom is -0.453 e. The minimum atomic E-state index is -3.03. The Morgan fingerprint density at radius 1 is 1.47 bits per heavy atom. The van der Waals surface area contributed by atoms with Crippen molar-refractivity contribution < 1.29 is 17.9 Å². The maximum atomic E-state index is 11.5. The fraction of sp³-hybridized carbons (Fsp3) is 0.900. The van der Waals surface area contributed by atoms with Crippen molar-refractivity contribution in [2.24, 2.45) is 0 Å². The van der Waals surface area contributed by atoms with E-state index in [0.29, 0.717) is 0 Å². The first-order chi connectivity index (χ1) is 7.98. The van der Waals surface area contributed by atoms with Crippen LogP contribution >= 0.6 is 11.8 Å². The quantitative estimate of drug-likeness (QED) is 0.762. The lowest BCUT2D eigenvalue weighted by Crippen LogP contribution is -2.41. The summed E-state index contributed by atoms with van der Waals surface area (Å²) in [6.07, 6.45) is 1.58. The summed E-state index contributed by atoms with van der Waals surface area (Å²) in [5.74, 6) is 1.10. The van der Waals surface area contributed by atoms with E-state index in [2.05, 4.69) is 17.0 Å². The molecule has 0 aromatic carbocycles. The van der Waals surface area contributed by atoms with Crippen LogP contribution in [0.5, 0.6) is 0 Å². The van der Waals surface area contributed by atoms with Crippen LogP contribution in [0.4, 0.5) is 4.79 Å². The van der Waals surface area contributed by atoms with Crippen LogP contribution in [0.1, 0.15) is 19.8 Å². The number of hydrogen-bond acceptors (Lipinski definition) is 5. The highest BCUT2D eigenvalue weighted by Gasteiger charge is 2.38. The SMILES string of the molecule is CCCCS[C@@H]1CS(=O)(=O)C[C@@H]1NC(=O)OC. The van der Waals surface area contributed by atoms with Crippen molar-refractivity contribution in [3.63, 3.8) is 0 Å². The number of carbonyl (C=O) groups excluding carboxylic acids is 1. The standard InChI is InChI=1S/C10H19NO4S2/c1-3-4-5-16-9-7-17(13,14)6-8(9)11-10(12)15-2/h8-9H,3-7H2,1-2H3,(H,11,12)/t8-,9+/m0/s1. The zero-order valence-electron chi connectivity index (χ0n) is 10.1. The molecular formula is C10H19NO4S2. The van der Waals surface area contributed by atoms with E-state index in [4.69, 9.17) is 0 Å². The molecule has 0 unspecified atom stereocenters. The molecule has 1 amide bonds. The van der Waals surface area contributed by atoms with Gasteiger partial charge in [0, 0.05) is 5.25 Å². The summed E-state index contributed by atoms with van der Waals surface area (Å²) in [6, 6.07) is -0.325. The molecule has 0 aromatic rings. The van der Waals surface area contributed by atoms with Gasteiger partial charge in [-0.05, 0) is 12.2 Å². The molecule has 1 aliphatic rings. The first-order valence-electron chi connectivity index (χ1n) is 5.65. The Balaban J connectivity index is 2.55. The zero-order chi connectivity index (χ0) is 12.9. The summed E-state index contributed by atoms with van der Waals surface area (Å²) in [4.78, 5) is 11.1. The normalized spacial score (nSPS) is 26.7. The summed E-state index contributed by atoms with van der Waals surface area (Å²) < 4.78 is 27.6. The number of ether oxygens (including phenoxy) is 1. The van der Waals surface area contributed by atoms with Crippen molar-refractivity contribution in [2.75, 3.05) is 24.4 Å². The molecule has 5 nitrogen and oxygen atoms in total. The number of amides is 1. The molecule has 7 heteroatoms. The van der Waals surface area contributed by atoms with Crippen LogP contribution < -0.4 is 5.32 Å². The fourth-order valence-corrected chi connectivity index (χ4v) is 5.72. The van der Waals surface area contributed by atoms with Gasteiger partial charge < -0.3 is 10.1 Å². The molecular weight excluding hydrogens is 262 g/mol. The van der Waals surface area contributed by atoms with Gasteiger partial charge >= 0.3 is 6.09 Å². The number of thioether (sulfide) groups is 1. The van der Waals surface area contributed by atoms with Crippen molar-refractivity contribution in [3.05, 3.63) is 0 Å². The molecule has 1 N–H and O–H groups in total. The second kappa shape index (κ2) is 6.49. The summed E-state index contributed by atoms with van der Waals surface area (Å²) in [7, 11) is -1.75. The van der Waals surface area contributed by atoms with Crippen molar-refractivity contribution >= 4 is 27.7 Å². The molecule has 1 rings (SSSR count). The monoisotopic (exact) mass is 281 g/mol. The zero-order valence-corrected chi connectivity index (χ0v) is 11.8. The van der Waals surface area contributed by atoms with E-state index in [1.807, 2.05) is 0 Å². The number of unbranched alkanes of at least 4 members (excludes halogenated alkanes) is 1. The van der Waals surface area contributed by atoms with Crippen molar-refractivity contribution in [1.29, 1.82) is 0 Å². The highest BCUT2D eigenvalue weighted by atomic mass is 32.2. The number of sulfone groups is 1. The number of alkyl carbamates (subject to hydrolysis) is 1. The Bertz CT molecular complexity index is 355. The first-order valence-corrected chi connectivity index (χ1v) is 8.52. The number of rotatable bonds is 5. The van der Waals surface area contributed by atoms with Gasteiger partial charge in [-0.15, -0.1) is 0 Å². The molecule has 0 aliphatic carbocycles. The number of carbonyl (C=O) groups is 1. The second-order valence-corrected chi connectivity index (χ2v) is 7.58. The Morgan fingerprint density at radius 3 is 2.76 bits per heavy atom. The largest absolute Gasteiger partial charge is 0.453 e. The van der Waals surface area contributed by atoms with E-state index in [0.717, 1.165) is 18.6 Å². The molecule has 100 valence electrons. The Kier molecular flexibility index (Phi) is 5.58. The van der Waals surface area contributed by atoms with Crippen LogP contribution in [0.25, 0.3) is 0 Å². The number of methoxy groups -OCH3 is 1. The predicted molar refractivity (Wildman–Crippen MR) is 69.1 cm³/mol. The Labute approximate surface area is 107 Å². The van der Waals surface area contributed by atoms with E-state index in [1.165, 1.54) is 7.11 Å². The molecule has 0 bridgehead atoms. The maximum Gasteiger partial charge on any atom is 0.407 e. The third kappa shape index (κ3) is 4.75. The fourth-order valence-electron chi connectivity index (χ4n) is 1.70. The average Bonchev–Trinajstić information content (AvgIpc) is 2.53. The molecule has 1 saturated heterocycles. The van der Waals surface area contributed by atoms with E-state index in [-0.39, 0.29) is 22.8 Å². The van der Waals surface area contributed by atoms with Gasteiger partial charge in [0.1, 0.15) is 0 Å². The smallest absolute Gasteiger partial charge is 0.407 e. The summed E-state index contributed by atoms with van der Waals surface area (Å²) >= 11 is 1.62. The van der Waals surface area contributed by atoms with Crippen LogP contribution in [0.15, 0.2) is 0 Å². The first kappa shape index (κ1) is 14.6. The lowest BCUT2D eigenvalue weighted by Gasteiger charge is -2.18. The van der Waals surface area contributed by atoms with Gasteiger partial charge in [-0.3, -0.25) is 0 Å². The van der Waals surface area contributed by atoms with Gasteiger partial charge in [-0.1, -0.05) is 13.3 Å². The van der Waals surface area contributed by atoms with E-state index in [1.54, 1.807) is 11.8 Å². The highest BCUT2D eigenvalue weighted by molar-refractivity contribution is 8.01. The molecule has 0 radical (unpaired) electrons. The molecule has 1 heterocycles. The van der Waals surface area contributed by atoms with E-state index < -0.39 is 15.9 Å². The predicted octanol–water partition coefficient (Wildman–Crippen LogP) is 1.04.